The molecule has 2 rings (SSSR count). The Morgan fingerprint density at radius 2 is 1.28 bits per heavy atom. The lowest BCUT2D eigenvalue weighted by Crippen LogP contribution is -1.84. The predicted octanol–water partition coefficient (Wildman–Crippen LogP) is 2.91. The third-order valence-corrected chi connectivity index (χ3v) is 2.23. The van der Waals surface area contributed by atoms with Crippen LogP contribution in [0.15, 0.2) is 47.1 Å². The van der Waals surface area contributed by atoms with Gasteiger partial charge in [0.15, 0.2) is 0 Å². The molecule has 0 aromatic carbocycles. The Balaban J connectivity index is 2.30. The van der Waals surface area contributed by atoms with Gasteiger partial charge in [0.2, 0.25) is 0 Å². The van der Waals surface area contributed by atoms with E-state index in [4.69, 9.17) is 9.47 Å². The van der Waals surface area contributed by atoms with Gasteiger partial charge < -0.3 is 9.47 Å². The highest BCUT2D eigenvalue weighted by Crippen LogP contribution is 2.30. The number of ether oxygens (including phenoxy) is 2. The molecule has 0 atom stereocenters. The predicted molar refractivity (Wildman–Crippen MR) is 65.8 cm³/mol. The van der Waals surface area contributed by atoms with Crippen LogP contribution in [-0.2, 0) is 0 Å². The van der Waals surface area contributed by atoms with Crippen LogP contribution in [0.5, 0.6) is 11.5 Å². The molecule has 0 bridgehead atoms. The van der Waals surface area contributed by atoms with Crippen molar-refractivity contribution in [3.63, 3.8) is 0 Å². The van der Waals surface area contributed by atoms with E-state index in [9.17, 15) is 0 Å². The lowest BCUT2D eigenvalue weighted by Gasteiger charge is -2.03. The van der Waals surface area contributed by atoms with Crippen molar-refractivity contribution in [3.05, 3.63) is 36.9 Å². The van der Waals surface area contributed by atoms with E-state index in [1.807, 2.05) is 0 Å². The number of methoxy groups -OCH3 is 2. The largest absolute Gasteiger partial charge is 0.494 e. The van der Waals surface area contributed by atoms with Crippen LogP contribution in [0.25, 0.3) is 0 Å². The molecule has 0 aliphatic carbocycles. The van der Waals surface area contributed by atoms with Gasteiger partial charge in [-0.15, -0.1) is 10.2 Å². The molecule has 2 aromatic rings. The number of hydrogen-bond acceptors (Lipinski definition) is 6. The number of nitrogens with zero attached hydrogens (tertiary/aromatic N) is 4. The first-order valence-electron chi connectivity index (χ1n) is 5.23. The molecular weight excluding hydrogens is 232 g/mol. The van der Waals surface area contributed by atoms with Gasteiger partial charge in [0.25, 0.3) is 0 Å². The summed E-state index contributed by atoms with van der Waals surface area (Å²) in [5.41, 5.74) is 1.09. The molecular formula is C12H12N4O2. The Kier molecular flexibility index (Phi) is 3.80. The summed E-state index contributed by atoms with van der Waals surface area (Å²) in [4.78, 5) is 7.94. The van der Waals surface area contributed by atoms with Crippen LogP contribution in [-0.4, -0.2) is 24.2 Å². The van der Waals surface area contributed by atoms with Crippen LogP contribution < -0.4 is 9.47 Å². The Morgan fingerprint density at radius 1 is 0.833 bits per heavy atom. The zero-order valence-electron chi connectivity index (χ0n) is 10.1. The molecule has 6 nitrogen and oxygen atoms in total. The van der Waals surface area contributed by atoms with Crippen LogP contribution in [0.4, 0.5) is 11.4 Å². The van der Waals surface area contributed by atoms with Crippen molar-refractivity contribution in [1.29, 1.82) is 0 Å². The van der Waals surface area contributed by atoms with E-state index in [0.717, 1.165) is 0 Å². The average molecular weight is 244 g/mol. The third-order valence-electron chi connectivity index (χ3n) is 2.23. The Morgan fingerprint density at radius 3 is 1.67 bits per heavy atom. The summed E-state index contributed by atoms with van der Waals surface area (Å²) in [7, 11) is 3.14. The SMILES string of the molecule is COc1ccncc1N=Nc1cnccc1OC. The van der Waals surface area contributed by atoms with Gasteiger partial charge in [-0.1, -0.05) is 0 Å². The maximum Gasteiger partial charge on any atom is 0.149 e. The molecule has 0 saturated carbocycles. The van der Waals surface area contributed by atoms with Crippen molar-refractivity contribution in [1.82, 2.24) is 9.97 Å². The molecule has 0 saturated heterocycles. The number of aromatic nitrogens is 2. The van der Waals surface area contributed by atoms with E-state index >= 15 is 0 Å². The highest BCUT2D eigenvalue weighted by atomic mass is 16.5. The minimum absolute atomic E-state index is 0.547. The van der Waals surface area contributed by atoms with Crippen LogP contribution in [0, 0.1) is 0 Å². The minimum atomic E-state index is 0.547. The fourth-order valence-electron chi connectivity index (χ4n) is 1.35. The molecule has 0 spiro atoms. The second-order valence-corrected chi connectivity index (χ2v) is 3.30. The summed E-state index contributed by atoms with van der Waals surface area (Å²) in [6.07, 6.45) is 6.40. The molecule has 0 unspecified atom stereocenters. The van der Waals surface area contributed by atoms with Gasteiger partial charge in [0.1, 0.15) is 22.9 Å². The Labute approximate surface area is 104 Å². The second-order valence-electron chi connectivity index (χ2n) is 3.30. The summed E-state index contributed by atoms with van der Waals surface area (Å²) >= 11 is 0. The van der Waals surface area contributed by atoms with Gasteiger partial charge in [-0.3, -0.25) is 9.97 Å². The first-order chi connectivity index (χ1) is 8.85. The number of hydrogen-bond donors (Lipinski definition) is 0. The van der Waals surface area contributed by atoms with E-state index in [1.165, 1.54) is 0 Å². The second kappa shape index (κ2) is 5.72. The Hall–Kier alpha value is -2.50. The van der Waals surface area contributed by atoms with E-state index in [2.05, 4.69) is 20.2 Å². The monoisotopic (exact) mass is 244 g/mol. The number of rotatable bonds is 4. The van der Waals surface area contributed by atoms with Crippen LogP contribution in [0.1, 0.15) is 0 Å². The van der Waals surface area contributed by atoms with E-state index in [1.54, 1.807) is 51.1 Å². The van der Waals surface area contributed by atoms with Crippen molar-refractivity contribution in [2.75, 3.05) is 14.2 Å². The van der Waals surface area contributed by atoms with Gasteiger partial charge in [-0.05, 0) is 0 Å². The van der Waals surface area contributed by atoms with Gasteiger partial charge in [-0.2, -0.15) is 0 Å². The fourth-order valence-corrected chi connectivity index (χ4v) is 1.35. The van der Waals surface area contributed by atoms with Crippen molar-refractivity contribution in [3.8, 4) is 11.5 Å². The summed E-state index contributed by atoms with van der Waals surface area (Å²) in [5, 5.41) is 8.15. The van der Waals surface area contributed by atoms with Gasteiger partial charge in [0.05, 0.1) is 26.6 Å². The summed E-state index contributed by atoms with van der Waals surface area (Å²) in [5.74, 6) is 1.22. The first kappa shape index (κ1) is 12.0. The molecule has 0 aliphatic rings. The highest BCUT2D eigenvalue weighted by molar-refractivity contribution is 5.51. The highest BCUT2D eigenvalue weighted by Gasteiger charge is 2.03. The summed E-state index contributed by atoms with van der Waals surface area (Å²) in [6, 6.07) is 3.43. The number of azo groups is 1. The number of pyridine rings is 2. The van der Waals surface area contributed by atoms with E-state index < -0.39 is 0 Å². The normalized spacial score (nSPS) is 10.6. The van der Waals surface area contributed by atoms with Crippen molar-refractivity contribution >= 4 is 11.4 Å². The first-order valence-corrected chi connectivity index (χ1v) is 5.23. The van der Waals surface area contributed by atoms with Crippen molar-refractivity contribution in [2.24, 2.45) is 10.2 Å². The van der Waals surface area contributed by atoms with Crippen molar-refractivity contribution < 1.29 is 9.47 Å². The third kappa shape index (κ3) is 2.60. The minimum Gasteiger partial charge on any atom is -0.494 e. The van der Waals surface area contributed by atoms with E-state index in [-0.39, 0.29) is 0 Å². The zero-order chi connectivity index (χ0) is 12.8. The van der Waals surface area contributed by atoms with E-state index in [0.29, 0.717) is 22.9 Å². The molecule has 0 amide bonds. The Bertz CT molecular complexity index is 508. The molecule has 0 N–H and O–H groups in total. The van der Waals surface area contributed by atoms with Crippen molar-refractivity contribution in [2.45, 2.75) is 0 Å². The molecule has 92 valence electrons. The van der Waals surface area contributed by atoms with Gasteiger partial charge in [0, 0.05) is 24.5 Å². The molecule has 18 heavy (non-hydrogen) atoms. The lowest BCUT2D eigenvalue weighted by atomic mass is 10.4. The van der Waals surface area contributed by atoms with Crippen LogP contribution in [0.3, 0.4) is 0 Å². The molecule has 0 aliphatic heterocycles. The molecule has 2 heterocycles. The van der Waals surface area contributed by atoms with Gasteiger partial charge in [-0.25, -0.2) is 0 Å². The molecule has 6 heteroatoms. The quantitative estimate of drug-likeness (QED) is 0.775. The zero-order valence-corrected chi connectivity index (χ0v) is 10.1. The maximum absolute atomic E-state index is 5.15. The average Bonchev–Trinajstić information content (AvgIpc) is 2.45. The van der Waals surface area contributed by atoms with Crippen LogP contribution >= 0.6 is 0 Å². The molecule has 0 radical (unpaired) electrons. The lowest BCUT2D eigenvalue weighted by molar-refractivity contribution is 0.413. The smallest absolute Gasteiger partial charge is 0.149 e. The van der Waals surface area contributed by atoms with Crippen LogP contribution in [0.2, 0.25) is 0 Å². The topological polar surface area (TPSA) is 69.0 Å². The summed E-state index contributed by atoms with van der Waals surface area (Å²) in [6.45, 7) is 0. The fraction of sp³-hybridized carbons (Fsp3) is 0.167. The standard InChI is InChI=1S/C12H12N4O2/c1-17-11-3-5-13-7-9(11)15-16-10-8-14-6-4-12(10)18-2/h3-8H,1-2H3. The molecule has 2 aromatic heterocycles. The van der Waals surface area contributed by atoms with Gasteiger partial charge >= 0.3 is 0 Å². The summed E-state index contributed by atoms with van der Waals surface area (Å²) < 4.78 is 10.3. The molecule has 0 fully saturated rings. The maximum atomic E-state index is 5.15.